The molecule has 2 atom stereocenters. The summed E-state index contributed by atoms with van der Waals surface area (Å²) >= 11 is 0. The first kappa shape index (κ1) is 35.5. The van der Waals surface area contributed by atoms with E-state index in [0.717, 1.165) is 37.1 Å². The predicted octanol–water partition coefficient (Wildman–Crippen LogP) is 6.37. The highest BCUT2D eigenvalue weighted by molar-refractivity contribution is 7.92. The summed E-state index contributed by atoms with van der Waals surface area (Å²) in [5.41, 5.74) is -0.620. The number of likely N-dealkylation sites (tertiary alicyclic amines) is 1. The number of carbonyl (C=O) groups is 1. The average molecular weight is 637 g/mol. The summed E-state index contributed by atoms with van der Waals surface area (Å²) in [6.45, 7) is 3.28. The molecule has 0 unspecified atom stereocenters. The summed E-state index contributed by atoms with van der Waals surface area (Å²) in [7, 11) is -4.38. The van der Waals surface area contributed by atoms with Gasteiger partial charge in [-0.15, -0.1) is 0 Å². The molecule has 1 saturated carbocycles. The zero-order valence-corrected chi connectivity index (χ0v) is 26.0. The number of alkyl halides is 3. The second kappa shape index (κ2) is 16.3. The molecule has 8 nitrogen and oxygen atoms in total. The Hall–Kier alpha value is -3.01. The number of carboxylic acids is 1. The highest BCUT2D eigenvalue weighted by Gasteiger charge is 2.46. The van der Waals surface area contributed by atoms with Gasteiger partial charge in [-0.05, 0) is 62.1 Å². The molecule has 2 aliphatic rings. The number of sulfone groups is 1. The third kappa shape index (κ3) is 10.3. The number of hydrogen-bond acceptors (Lipinski definition) is 7. The molecular formula is C32H43F3N4O4S. The minimum atomic E-state index is -4.83. The van der Waals surface area contributed by atoms with Crippen molar-refractivity contribution in [1.82, 2.24) is 15.2 Å². The molecule has 1 saturated heterocycles. The molecule has 2 fully saturated rings. The van der Waals surface area contributed by atoms with Crippen LogP contribution in [0, 0.1) is 11.3 Å². The van der Waals surface area contributed by atoms with Gasteiger partial charge in [0.15, 0.2) is 9.84 Å². The number of aliphatic carboxylic acids is 1. The SMILES string of the molecule is CCCCCCCCCCNC1(C#N)CC1.O=C(O)[C@@H]1C[C@@H](S(=O)(=O)c2ccccc2C(F)(F)F)CN1Cc1ccncc1. The van der Waals surface area contributed by atoms with Crippen molar-refractivity contribution in [2.24, 2.45) is 0 Å². The minimum Gasteiger partial charge on any atom is -0.480 e. The van der Waals surface area contributed by atoms with Crippen molar-refractivity contribution < 1.29 is 31.5 Å². The topological polar surface area (TPSA) is 123 Å². The summed E-state index contributed by atoms with van der Waals surface area (Å²) in [6, 6.07) is 8.56. The van der Waals surface area contributed by atoms with Crippen LogP contribution in [0.5, 0.6) is 0 Å². The normalized spacial score (nSPS) is 19.5. The third-order valence-electron chi connectivity index (χ3n) is 8.18. The molecule has 2 aromatic rings. The fourth-order valence-corrected chi connectivity index (χ4v) is 7.35. The lowest BCUT2D eigenvalue weighted by atomic mass is 10.1. The molecule has 4 rings (SSSR count). The van der Waals surface area contributed by atoms with Crippen LogP contribution in [-0.2, 0) is 27.4 Å². The molecule has 1 aromatic carbocycles. The lowest BCUT2D eigenvalue weighted by Crippen LogP contribution is -2.35. The molecule has 0 amide bonds. The number of carboxylic acid groups (broad SMARTS) is 1. The summed E-state index contributed by atoms with van der Waals surface area (Å²) in [6.07, 6.45) is 10.9. The van der Waals surface area contributed by atoms with Crippen LogP contribution in [0.1, 0.15) is 88.7 Å². The standard InChI is InChI=1S/C18H17F3N2O4S.C14H26N2/c19-18(20,21)14-3-1-2-4-16(14)28(26,27)13-9-15(17(24)25)23(11-13)10-12-5-7-22-8-6-12;1-2-3-4-5-6-7-8-9-12-16-14(13-15)10-11-14/h1-8,13,15H,9-11H2,(H,24,25);16H,2-12H2,1H3/t13-,15+;/m1./s1. The van der Waals surface area contributed by atoms with Crippen molar-refractivity contribution in [3.63, 3.8) is 0 Å². The predicted molar refractivity (Wildman–Crippen MR) is 161 cm³/mol. The van der Waals surface area contributed by atoms with Crippen LogP contribution in [0.3, 0.4) is 0 Å². The molecule has 44 heavy (non-hydrogen) atoms. The lowest BCUT2D eigenvalue weighted by Gasteiger charge is -2.21. The second-order valence-electron chi connectivity index (χ2n) is 11.6. The van der Waals surface area contributed by atoms with Crippen molar-refractivity contribution in [1.29, 1.82) is 5.26 Å². The van der Waals surface area contributed by atoms with Crippen molar-refractivity contribution >= 4 is 15.8 Å². The van der Waals surface area contributed by atoms with Gasteiger partial charge in [-0.1, -0.05) is 64.0 Å². The van der Waals surface area contributed by atoms with Crippen molar-refractivity contribution in [2.45, 2.75) is 112 Å². The van der Waals surface area contributed by atoms with E-state index < -0.39 is 43.7 Å². The van der Waals surface area contributed by atoms with Gasteiger partial charge in [0.1, 0.15) is 11.6 Å². The Morgan fingerprint density at radius 3 is 2.25 bits per heavy atom. The van der Waals surface area contributed by atoms with Crippen LogP contribution in [-0.4, -0.2) is 59.3 Å². The summed E-state index contributed by atoms with van der Waals surface area (Å²) in [5, 5.41) is 20.5. The van der Waals surface area contributed by atoms with E-state index in [2.05, 4.69) is 23.3 Å². The van der Waals surface area contributed by atoms with Gasteiger partial charge in [-0.3, -0.25) is 20.0 Å². The van der Waals surface area contributed by atoms with Gasteiger partial charge >= 0.3 is 12.1 Å². The van der Waals surface area contributed by atoms with E-state index in [1.54, 1.807) is 12.1 Å². The number of nitrogens with one attached hydrogen (secondary N) is 1. The number of pyridine rings is 1. The van der Waals surface area contributed by atoms with E-state index in [4.69, 9.17) is 5.26 Å². The number of nitriles is 1. The third-order valence-corrected chi connectivity index (χ3v) is 10.4. The molecule has 1 aliphatic heterocycles. The fraction of sp³-hybridized carbons (Fsp3) is 0.594. The van der Waals surface area contributed by atoms with E-state index in [0.29, 0.717) is 6.07 Å². The van der Waals surface area contributed by atoms with Crippen molar-refractivity contribution in [3.8, 4) is 6.07 Å². The Labute approximate surface area is 258 Å². The van der Waals surface area contributed by atoms with Crippen LogP contribution >= 0.6 is 0 Å². The quantitative estimate of drug-likeness (QED) is 0.216. The van der Waals surface area contributed by atoms with Crippen LogP contribution in [0.15, 0.2) is 53.7 Å². The van der Waals surface area contributed by atoms with Gasteiger partial charge in [-0.2, -0.15) is 18.4 Å². The highest BCUT2D eigenvalue weighted by Crippen LogP contribution is 2.38. The number of halogens is 3. The Balaban J connectivity index is 0.000000281. The zero-order valence-electron chi connectivity index (χ0n) is 25.2. The number of unbranched alkanes of at least 4 members (excludes halogenated alkanes) is 7. The maximum atomic E-state index is 13.3. The molecule has 0 radical (unpaired) electrons. The van der Waals surface area contributed by atoms with Gasteiger partial charge in [0.2, 0.25) is 0 Å². The minimum absolute atomic E-state index is 0.110. The van der Waals surface area contributed by atoms with E-state index in [-0.39, 0.29) is 25.0 Å². The fourth-order valence-electron chi connectivity index (χ4n) is 5.41. The molecular weight excluding hydrogens is 593 g/mol. The Bertz CT molecular complexity index is 1350. The lowest BCUT2D eigenvalue weighted by molar-refractivity contribution is -0.142. The summed E-state index contributed by atoms with van der Waals surface area (Å²) in [5.74, 6) is -1.21. The monoisotopic (exact) mass is 636 g/mol. The van der Waals surface area contributed by atoms with Gasteiger partial charge in [-0.25, -0.2) is 8.42 Å². The molecule has 0 spiro atoms. The first-order valence-electron chi connectivity index (χ1n) is 15.4. The van der Waals surface area contributed by atoms with Crippen LogP contribution in [0.25, 0.3) is 0 Å². The first-order valence-corrected chi connectivity index (χ1v) is 16.9. The van der Waals surface area contributed by atoms with Gasteiger partial charge in [0.05, 0.1) is 21.8 Å². The van der Waals surface area contributed by atoms with E-state index in [1.165, 1.54) is 74.7 Å². The van der Waals surface area contributed by atoms with Gasteiger partial charge in [0.25, 0.3) is 0 Å². The molecule has 1 aliphatic carbocycles. The summed E-state index contributed by atoms with van der Waals surface area (Å²) in [4.78, 5) is 16.1. The Kier molecular flexibility index (Phi) is 13.2. The van der Waals surface area contributed by atoms with E-state index in [1.807, 2.05) is 0 Å². The van der Waals surface area contributed by atoms with Gasteiger partial charge < -0.3 is 5.11 Å². The smallest absolute Gasteiger partial charge is 0.417 e. The molecule has 242 valence electrons. The average Bonchev–Trinajstić information content (AvgIpc) is 3.65. The Morgan fingerprint density at radius 1 is 1.07 bits per heavy atom. The largest absolute Gasteiger partial charge is 0.480 e. The van der Waals surface area contributed by atoms with Crippen molar-refractivity contribution in [3.05, 3.63) is 59.9 Å². The number of aromatic nitrogens is 1. The van der Waals surface area contributed by atoms with Crippen LogP contribution in [0.2, 0.25) is 0 Å². The second-order valence-corrected chi connectivity index (χ2v) is 13.8. The molecule has 2 N–H and O–H groups in total. The van der Waals surface area contributed by atoms with Crippen LogP contribution < -0.4 is 5.32 Å². The number of rotatable bonds is 15. The maximum absolute atomic E-state index is 13.3. The van der Waals surface area contributed by atoms with Gasteiger partial charge in [0, 0.05) is 25.5 Å². The zero-order chi connectivity index (χ0) is 32.2. The van der Waals surface area contributed by atoms with Crippen molar-refractivity contribution in [2.75, 3.05) is 13.1 Å². The van der Waals surface area contributed by atoms with E-state index >= 15 is 0 Å². The van der Waals surface area contributed by atoms with E-state index in [9.17, 15) is 31.5 Å². The molecule has 12 heteroatoms. The molecule has 1 aromatic heterocycles. The maximum Gasteiger partial charge on any atom is 0.417 e. The highest BCUT2D eigenvalue weighted by atomic mass is 32.2. The number of hydrogen-bond donors (Lipinski definition) is 2. The first-order chi connectivity index (χ1) is 20.9. The molecule has 2 heterocycles. The van der Waals surface area contributed by atoms with Crippen LogP contribution in [0.4, 0.5) is 13.2 Å². The summed E-state index contributed by atoms with van der Waals surface area (Å²) < 4.78 is 65.7. The Morgan fingerprint density at radius 2 is 1.68 bits per heavy atom. The number of nitrogens with zero attached hydrogens (tertiary/aromatic N) is 3. The molecule has 0 bridgehead atoms. The number of benzene rings is 1.